The lowest BCUT2D eigenvalue weighted by Crippen LogP contribution is -2.17. The smallest absolute Gasteiger partial charge is 0.124 e. The molecular formula is C23H23Cl4NO. The van der Waals surface area contributed by atoms with Gasteiger partial charge in [0.05, 0.1) is 0 Å². The molecule has 0 aliphatic rings. The van der Waals surface area contributed by atoms with E-state index in [4.69, 9.17) is 39.5 Å². The molecule has 0 unspecified atom stereocenters. The Hall–Kier alpha value is -1.42. The van der Waals surface area contributed by atoms with Gasteiger partial charge in [-0.2, -0.15) is 0 Å². The third-order valence-corrected chi connectivity index (χ3v) is 5.26. The van der Waals surface area contributed by atoms with Gasteiger partial charge in [-0.25, -0.2) is 0 Å². The van der Waals surface area contributed by atoms with Gasteiger partial charge < -0.3 is 10.1 Å². The van der Waals surface area contributed by atoms with Crippen LogP contribution in [0.25, 0.3) is 0 Å². The van der Waals surface area contributed by atoms with Gasteiger partial charge in [0.25, 0.3) is 0 Å². The molecule has 3 aromatic carbocycles. The van der Waals surface area contributed by atoms with Crippen LogP contribution in [0.5, 0.6) is 5.75 Å². The molecule has 6 heteroatoms. The van der Waals surface area contributed by atoms with Crippen molar-refractivity contribution in [2.24, 2.45) is 0 Å². The van der Waals surface area contributed by atoms with Gasteiger partial charge in [-0.15, -0.1) is 12.4 Å². The van der Waals surface area contributed by atoms with Crippen molar-refractivity contribution in [2.45, 2.75) is 26.5 Å². The largest absolute Gasteiger partial charge is 0.489 e. The van der Waals surface area contributed by atoms with Crippen LogP contribution in [0, 0.1) is 6.92 Å². The average Bonchev–Trinajstić information content (AvgIpc) is 2.67. The monoisotopic (exact) mass is 469 g/mol. The van der Waals surface area contributed by atoms with Gasteiger partial charge in [-0.1, -0.05) is 70.7 Å². The molecule has 0 saturated carbocycles. The minimum Gasteiger partial charge on any atom is -0.489 e. The van der Waals surface area contributed by atoms with Crippen molar-refractivity contribution in [2.75, 3.05) is 6.54 Å². The highest BCUT2D eigenvalue weighted by molar-refractivity contribution is 6.35. The lowest BCUT2D eigenvalue weighted by atomic mass is 10.1. The van der Waals surface area contributed by atoms with Crippen molar-refractivity contribution in [1.29, 1.82) is 0 Å². The Morgan fingerprint density at radius 3 is 2.24 bits per heavy atom. The van der Waals surface area contributed by atoms with E-state index in [0.717, 1.165) is 35.4 Å². The van der Waals surface area contributed by atoms with Crippen LogP contribution in [0.3, 0.4) is 0 Å². The third kappa shape index (κ3) is 7.40. The standard InChI is InChI=1S/C23H22Cl3NO.ClH/c1-16-2-4-17(5-3-16)15-28-23-9-8-20(24)12-19(23)14-27-11-10-18-6-7-21(25)13-22(18)26;/h2-9,12-13,27H,10-11,14-15H2,1H3;1H. The number of hydrogen-bond donors (Lipinski definition) is 1. The second-order valence-corrected chi connectivity index (χ2v) is 7.97. The Kier molecular flexibility index (Phi) is 9.61. The van der Waals surface area contributed by atoms with Gasteiger partial charge in [0.15, 0.2) is 0 Å². The normalized spacial score (nSPS) is 10.5. The molecule has 0 spiro atoms. The number of nitrogens with one attached hydrogen (secondary N) is 1. The number of hydrogen-bond acceptors (Lipinski definition) is 2. The number of rotatable bonds is 8. The number of ether oxygens (including phenoxy) is 1. The molecule has 154 valence electrons. The van der Waals surface area contributed by atoms with E-state index in [0.29, 0.717) is 28.2 Å². The molecule has 29 heavy (non-hydrogen) atoms. The zero-order chi connectivity index (χ0) is 19.9. The lowest BCUT2D eigenvalue weighted by molar-refractivity contribution is 0.302. The molecule has 0 heterocycles. The first-order valence-electron chi connectivity index (χ1n) is 9.12. The molecule has 3 aromatic rings. The topological polar surface area (TPSA) is 21.3 Å². The summed E-state index contributed by atoms with van der Waals surface area (Å²) in [4.78, 5) is 0. The number of benzene rings is 3. The molecule has 0 atom stereocenters. The summed E-state index contributed by atoms with van der Waals surface area (Å²) >= 11 is 18.4. The Bertz CT molecular complexity index is 929. The van der Waals surface area contributed by atoms with E-state index >= 15 is 0 Å². The fourth-order valence-corrected chi connectivity index (χ4v) is 3.54. The zero-order valence-electron chi connectivity index (χ0n) is 16.1. The number of halogens is 4. The van der Waals surface area contributed by atoms with Gasteiger partial charge >= 0.3 is 0 Å². The quantitative estimate of drug-likeness (QED) is 0.349. The van der Waals surface area contributed by atoms with E-state index in [9.17, 15) is 0 Å². The van der Waals surface area contributed by atoms with E-state index in [-0.39, 0.29) is 12.4 Å². The summed E-state index contributed by atoms with van der Waals surface area (Å²) in [5.74, 6) is 0.835. The van der Waals surface area contributed by atoms with E-state index in [1.807, 2.05) is 30.3 Å². The lowest BCUT2D eigenvalue weighted by Gasteiger charge is -2.13. The summed E-state index contributed by atoms with van der Waals surface area (Å²) in [5.41, 5.74) is 4.47. The van der Waals surface area contributed by atoms with Crippen LogP contribution in [-0.4, -0.2) is 6.54 Å². The van der Waals surface area contributed by atoms with Crippen LogP contribution < -0.4 is 10.1 Å². The first-order chi connectivity index (χ1) is 13.5. The summed E-state index contributed by atoms with van der Waals surface area (Å²) in [6.45, 7) is 4.04. The Morgan fingerprint density at radius 1 is 0.828 bits per heavy atom. The van der Waals surface area contributed by atoms with Crippen LogP contribution >= 0.6 is 47.2 Å². The minimum absolute atomic E-state index is 0. The van der Waals surface area contributed by atoms with Gasteiger partial charge in [-0.3, -0.25) is 0 Å². The van der Waals surface area contributed by atoms with Crippen LogP contribution in [0.15, 0.2) is 60.7 Å². The van der Waals surface area contributed by atoms with E-state index in [1.54, 1.807) is 6.07 Å². The molecule has 2 nitrogen and oxygen atoms in total. The Balaban J connectivity index is 0.00000300. The first-order valence-corrected chi connectivity index (χ1v) is 10.3. The van der Waals surface area contributed by atoms with Crippen molar-refractivity contribution in [3.63, 3.8) is 0 Å². The molecule has 0 amide bonds. The maximum atomic E-state index is 6.23. The summed E-state index contributed by atoms with van der Waals surface area (Å²) < 4.78 is 6.03. The van der Waals surface area contributed by atoms with Gasteiger partial charge in [0.2, 0.25) is 0 Å². The van der Waals surface area contributed by atoms with E-state index in [2.05, 4.69) is 36.5 Å². The van der Waals surface area contributed by atoms with Crippen LogP contribution in [0.4, 0.5) is 0 Å². The second-order valence-electron chi connectivity index (χ2n) is 6.69. The summed E-state index contributed by atoms with van der Waals surface area (Å²) in [6.07, 6.45) is 0.816. The number of aryl methyl sites for hydroxylation is 1. The summed E-state index contributed by atoms with van der Waals surface area (Å²) in [6, 6.07) is 19.6. The van der Waals surface area contributed by atoms with Gasteiger partial charge in [0, 0.05) is 27.2 Å². The molecule has 0 bridgehead atoms. The van der Waals surface area contributed by atoms with Crippen LogP contribution in [0.1, 0.15) is 22.3 Å². The maximum Gasteiger partial charge on any atom is 0.124 e. The van der Waals surface area contributed by atoms with Crippen molar-refractivity contribution in [3.05, 3.63) is 98.0 Å². The molecule has 0 saturated heterocycles. The van der Waals surface area contributed by atoms with Crippen molar-refractivity contribution in [3.8, 4) is 5.75 Å². The SMILES string of the molecule is Cc1ccc(COc2ccc(Cl)cc2CNCCc2ccc(Cl)cc2Cl)cc1.Cl. The second kappa shape index (κ2) is 11.7. The highest BCUT2D eigenvalue weighted by atomic mass is 35.5. The fourth-order valence-electron chi connectivity index (χ4n) is 2.84. The predicted molar refractivity (Wildman–Crippen MR) is 126 cm³/mol. The molecule has 1 N–H and O–H groups in total. The van der Waals surface area contributed by atoms with Crippen LogP contribution in [0.2, 0.25) is 15.1 Å². The minimum atomic E-state index is 0. The average molecular weight is 471 g/mol. The van der Waals surface area contributed by atoms with E-state index < -0.39 is 0 Å². The Morgan fingerprint density at radius 2 is 1.52 bits per heavy atom. The van der Waals surface area contributed by atoms with Crippen molar-refractivity contribution < 1.29 is 4.74 Å². The molecular weight excluding hydrogens is 448 g/mol. The van der Waals surface area contributed by atoms with Gasteiger partial charge in [0.1, 0.15) is 12.4 Å². The fraction of sp³-hybridized carbons (Fsp3) is 0.217. The molecule has 0 fully saturated rings. The third-order valence-electron chi connectivity index (χ3n) is 4.44. The van der Waals surface area contributed by atoms with E-state index in [1.165, 1.54) is 5.56 Å². The van der Waals surface area contributed by atoms with Crippen LogP contribution in [-0.2, 0) is 19.6 Å². The molecule has 0 aromatic heterocycles. The van der Waals surface area contributed by atoms with Gasteiger partial charge in [-0.05, 0) is 61.3 Å². The summed E-state index contributed by atoms with van der Waals surface area (Å²) in [5, 5.41) is 5.47. The maximum absolute atomic E-state index is 6.23. The Labute approximate surface area is 193 Å². The molecule has 0 aliphatic carbocycles. The molecule has 0 aliphatic heterocycles. The molecule has 0 radical (unpaired) electrons. The first kappa shape index (κ1) is 23.9. The zero-order valence-corrected chi connectivity index (χ0v) is 19.1. The predicted octanol–water partition coefficient (Wildman–Crippen LogP) is 7.29. The highest BCUT2D eigenvalue weighted by Crippen LogP contribution is 2.24. The van der Waals surface area contributed by atoms with Crippen molar-refractivity contribution in [1.82, 2.24) is 5.32 Å². The summed E-state index contributed by atoms with van der Waals surface area (Å²) in [7, 11) is 0. The molecule has 3 rings (SSSR count). The highest BCUT2D eigenvalue weighted by Gasteiger charge is 2.07. The van der Waals surface area contributed by atoms with Crippen molar-refractivity contribution >= 4 is 47.2 Å².